The third kappa shape index (κ3) is 5.05. The van der Waals surface area contributed by atoms with Crippen molar-refractivity contribution in [3.8, 4) is 0 Å². The van der Waals surface area contributed by atoms with Crippen LogP contribution in [-0.4, -0.2) is 55.5 Å². The molecule has 0 atom stereocenters. The van der Waals surface area contributed by atoms with Gasteiger partial charge >= 0.3 is 0 Å². The molecule has 1 amide bonds. The predicted molar refractivity (Wildman–Crippen MR) is 93.6 cm³/mol. The minimum Gasteiger partial charge on any atom is -0.380 e. The zero-order valence-corrected chi connectivity index (χ0v) is 14.8. The SMILES string of the molecule is CCN(CC)CC1CCN(C(=O)c2cccc(COC)c2)CC1. The molecule has 1 aliphatic heterocycles. The van der Waals surface area contributed by atoms with Gasteiger partial charge in [0.1, 0.15) is 0 Å². The molecule has 0 unspecified atom stereocenters. The molecule has 23 heavy (non-hydrogen) atoms. The first kappa shape index (κ1) is 18.0. The number of piperidine rings is 1. The largest absolute Gasteiger partial charge is 0.380 e. The second-order valence-electron chi connectivity index (χ2n) is 6.35. The molecule has 1 aromatic rings. The summed E-state index contributed by atoms with van der Waals surface area (Å²) in [4.78, 5) is 17.2. The minimum absolute atomic E-state index is 0.157. The quantitative estimate of drug-likeness (QED) is 0.775. The Bertz CT molecular complexity index is 492. The van der Waals surface area contributed by atoms with Gasteiger partial charge in [-0.3, -0.25) is 4.79 Å². The number of methoxy groups -OCH3 is 1. The van der Waals surface area contributed by atoms with E-state index in [4.69, 9.17) is 4.74 Å². The maximum atomic E-state index is 12.7. The number of benzene rings is 1. The van der Waals surface area contributed by atoms with Crippen molar-refractivity contribution in [1.82, 2.24) is 9.80 Å². The summed E-state index contributed by atoms with van der Waals surface area (Å²) < 4.78 is 5.15. The number of hydrogen-bond donors (Lipinski definition) is 0. The molecular weight excluding hydrogens is 288 g/mol. The average molecular weight is 318 g/mol. The van der Waals surface area contributed by atoms with Crippen molar-refractivity contribution in [2.75, 3.05) is 39.8 Å². The molecule has 0 N–H and O–H groups in total. The second kappa shape index (κ2) is 9.04. The molecule has 1 heterocycles. The second-order valence-corrected chi connectivity index (χ2v) is 6.35. The van der Waals surface area contributed by atoms with E-state index in [1.165, 1.54) is 6.54 Å². The summed E-state index contributed by atoms with van der Waals surface area (Å²) >= 11 is 0. The van der Waals surface area contributed by atoms with Gasteiger partial charge in [-0.1, -0.05) is 26.0 Å². The third-order valence-corrected chi connectivity index (χ3v) is 4.80. The molecule has 4 heteroatoms. The molecule has 1 aliphatic rings. The zero-order valence-electron chi connectivity index (χ0n) is 14.8. The van der Waals surface area contributed by atoms with Crippen molar-refractivity contribution in [2.24, 2.45) is 5.92 Å². The van der Waals surface area contributed by atoms with E-state index in [2.05, 4.69) is 18.7 Å². The summed E-state index contributed by atoms with van der Waals surface area (Å²) in [6.07, 6.45) is 2.22. The normalized spacial score (nSPS) is 16.1. The molecule has 1 fully saturated rings. The number of ether oxygens (including phenoxy) is 1. The van der Waals surface area contributed by atoms with E-state index in [1.54, 1.807) is 7.11 Å². The highest BCUT2D eigenvalue weighted by Crippen LogP contribution is 2.20. The van der Waals surface area contributed by atoms with E-state index >= 15 is 0 Å². The summed E-state index contributed by atoms with van der Waals surface area (Å²) in [5.41, 5.74) is 1.83. The van der Waals surface area contributed by atoms with Crippen molar-refractivity contribution >= 4 is 5.91 Å². The van der Waals surface area contributed by atoms with Crippen LogP contribution in [0, 0.1) is 5.92 Å². The van der Waals surface area contributed by atoms with Crippen LogP contribution in [0.2, 0.25) is 0 Å². The van der Waals surface area contributed by atoms with E-state index in [1.807, 2.05) is 29.2 Å². The molecule has 0 aromatic heterocycles. The number of carbonyl (C=O) groups excluding carboxylic acids is 1. The lowest BCUT2D eigenvalue weighted by Crippen LogP contribution is -2.41. The molecule has 1 saturated heterocycles. The summed E-state index contributed by atoms with van der Waals surface area (Å²) in [6.45, 7) is 10.1. The topological polar surface area (TPSA) is 32.8 Å². The van der Waals surface area contributed by atoms with Crippen LogP contribution in [0.25, 0.3) is 0 Å². The van der Waals surface area contributed by atoms with Crippen molar-refractivity contribution in [3.63, 3.8) is 0 Å². The van der Waals surface area contributed by atoms with Crippen LogP contribution in [0.3, 0.4) is 0 Å². The first-order valence-electron chi connectivity index (χ1n) is 8.77. The highest BCUT2D eigenvalue weighted by atomic mass is 16.5. The Hall–Kier alpha value is -1.39. The van der Waals surface area contributed by atoms with Gasteiger partial charge in [-0.2, -0.15) is 0 Å². The smallest absolute Gasteiger partial charge is 0.253 e. The lowest BCUT2D eigenvalue weighted by atomic mass is 9.95. The number of hydrogen-bond acceptors (Lipinski definition) is 3. The fourth-order valence-electron chi connectivity index (χ4n) is 3.31. The van der Waals surface area contributed by atoms with Crippen LogP contribution >= 0.6 is 0 Å². The van der Waals surface area contributed by atoms with Crippen LogP contribution in [-0.2, 0) is 11.3 Å². The fourth-order valence-corrected chi connectivity index (χ4v) is 3.31. The van der Waals surface area contributed by atoms with Crippen LogP contribution in [0.5, 0.6) is 0 Å². The highest BCUT2D eigenvalue weighted by molar-refractivity contribution is 5.94. The Morgan fingerprint density at radius 3 is 2.57 bits per heavy atom. The number of amides is 1. The molecule has 2 rings (SSSR count). The number of carbonyl (C=O) groups is 1. The van der Waals surface area contributed by atoms with Gasteiger partial charge in [0.15, 0.2) is 0 Å². The minimum atomic E-state index is 0.157. The maximum absolute atomic E-state index is 12.7. The van der Waals surface area contributed by atoms with E-state index in [9.17, 15) is 4.79 Å². The van der Waals surface area contributed by atoms with Gasteiger partial charge in [-0.15, -0.1) is 0 Å². The van der Waals surface area contributed by atoms with Gasteiger partial charge in [0.2, 0.25) is 0 Å². The summed E-state index contributed by atoms with van der Waals surface area (Å²) in [7, 11) is 1.68. The Morgan fingerprint density at radius 2 is 1.96 bits per heavy atom. The number of nitrogens with zero attached hydrogens (tertiary/aromatic N) is 2. The summed E-state index contributed by atoms with van der Waals surface area (Å²) in [5.74, 6) is 0.878. The Kier molecular flexibility index (Phi) is 7.06. The standard InChI is InChI=1S/C19H30N2O2/c1-4-20(5-2)14-16-9-11-21(12-10-16)19(22)18-8-6-7-17(13-18)15-23-3/h6-8,13,16H,4-5,9-12,14-15H2,1-3H3. The first-order valence-corrected chi connectivity index (χ1v) is 8.77. The first-order chi connectivity index (χ1) is 11.2. The fraction of sp³-hybridized carbons (Fsp3) is 0.632. The number of likely N-dealkylation sites (tertiary alicyclic amines) is 1. The van der Waals surface area contributed by atoms with Crippen LogP contribution in [0.4, 0.5) is 0 Å². The van der Waals surface area contributed by atoms with E-state index in [0.717, 1.165) is 56.1 Å². The Balaban J connectivity index is 1.89. The highest BCUT2D eigenvalue weighted by Gasteiger charge is 2.24. The molecule has 0 bridgehead atoms. The van der Waals surface area contributed by atoms with Crippen LogP contribution in [0.1, 0.15) is 42.6 Å². The van der Waals surface area contributed by atoms with Crippen molar-refractivity contribution < 1.29 is 9.53 Å². The van der Waals surface area contributed by atoms with Crippen molar-refractivity contribution in [2.45, 2.75) is 33.3 Å². The van der Waals surface area contributed by atoms with Gasteiger partial charge in [0.05, 0.1) is 6.61 Å². The zero-order chi connectivity index (χ0) is 16.7. The van der Waals surface area contributed by atoms with Gasteiger partial charge in [-0.25, -0.2) is 0 Å². The van der Waals surface area contributed by atoms with Crippen LogP contribution in [0.15, 0.2) is 24.3 Å². The van der Waals surface area contributed by atoms with Crippen LogP contribution < -0.4 is 0 Å². The van der Waals surface area contributed by atoms with Crippen molar-refractivity contribution in [3.05, 3.63) is 35.4 Å². The molecule has 128 valence electrons. The molecule has 0 radical (unpaired) electrons. The molecule has 0 saturated carbocycles. The number of rotatable bonds is 7. The van der Waals surface area contributed by atoms with Gasteiger partial charge in [-0.05, 0) is 49.5 Å². The Morgan fingerprint density at radius 1 is 1.26 bits per heavy atom. The molecular formula is C19H30N2O2. The summed E-state index contributed by atoms with van der Waals surface area (Å²) in [5, 5.41) is 0. The van der Waals surface area contributed by atoms with E-state index in [-0.39, 0.29) is 5.91 Å². The third-order valence-electron chi connectivity index (χ3n) is 4.80. The molecule has 0 aliphatic carbocycles. The molecule has 4 nitrogen and oxygen atoms in total. The maximum Gasteiger partial charge on any atom is 0.253 e. The van der Waals surface area contributed by atoms with Crippen molar-refractivity contribution in [1.29, 1.82) is 0 Å². The van der Waals surface area contributed by atoms with E-state index < -0.39 is 0 Å². The Labute approximate surface area is 140 Å². The lowest BCUT2D eigenvalue weighted by molar-refractivity contribution is 0.0669. The summed E-state index contributed by atoms with van der Waals surface area (Å²) in [6, 6.07) is 7.79. The predicted octanol–water partition coefficient (Wildman–Crippen LogP) is 3.03. The average Bonchev–Trinajstić information content (AvgIpc) is 2.60. The molecule has 1 aromatic carbocycles. The lowest BCUT2D eigenvalue weighted by Gasteiger charge is -2.34. The van der Waals surface area contributed by atoms with E-state index in [0.29, 0.717) is 6.61 Å². The van der Waals surface area contributed by atoms with Gasteiger partial charge in [0.25, 0.3) is 5.91 Å². The monoisotopic (exact) mass is 318 g/mol. The van der Waals surface area contributed by atoms with Gasteiger partial charge in [0, 0.05) is 32.3 Å². The van der Waals surface area contributed by atoms with Gasteiger partial charge < -0.3 is 14.5 Å². The molecule has 0 spiro atoms.